The van der Waals surface area contributed by atoms with Crippen LogP contribution in [0.25, 0.3) is 0 Å². The number of anilines is 1. The predicted octanol–water partition coefficient (Wildman–Crippen LogP) is 0.678. The Morgan fingerprint density at radius 3 is 2.79 bits per heavy atom. The minimum Gasteiger partial charge on any atom is -0.378 e. The molecule has 0 bridgehead atoms. The average molecular weight is 194 g/mol. The first-order valence-electron chi connectivity index (χ1n) is 4.15. The molecule has 0 fully saturated rings. The van der Waals surface area contributed by atoms with E-state index >= 15 is 0 Å². The lowest BCUT2D eigenvalue weighted by Crippen LogP contribution is -2.27. The summed E-state index contributed by atoms with van der Waals surface area (Å²) in [5, 5.41) is 8.46. The minimum absolute atomic E-state index is 0.0269. The Labute approximate surface area is 82.8 Å². The zero-order valence-corrected chi connectivity index (χ0v) is 8.23. The van der Waals surface area contributed by atoms with Crippen LogP contribution < -0.4 is 16.1 Å². The van der Waals surface area contributed by atoms with E-state index in [1.807, 2.05) is 37.2 Å². The van der Waals surface area contributed by atoms with Crippen LogP contribution in [0.1, 0.15) is 0 Å². The van der Waals surface area contributed by atoms with E-state index in [1.54, 1.807) is 11.5 Å². The Bertz CT molecular complexity index is 335. The summed E-state index contributed by atoms with van der Waals surface area (Å²) in [6, 6.07) is 7.50. The molecule has 14 heavy (non-hydrogen) atoms. The van der Waals surface area contributed by atoms with Crippen molar-refractivity contribution in [3.8, 4) is 0 Å². The highest BCUT2D eigenvalue weighted by Crippen LogP contribution is 2.19. The van der Waals surface area contributed by atoms with Crippen molar-refractivity contribution in [1.82, 2.24) is 5.48 Å². The number of hydrogen-bond acceptors (Lipinski definition) is 3. The molecule has 0 saturated heterocycles. The van der Waals surface area contributed by atoms with Crippen molar-refractivity contribution in [3.05, 3.63) is 24.3 Å². The van der Waals surface area contributed by atoms with Crippen LogP contribution in [0.15, 0.2) is 29.3 Å². The zero-order valence-electron chi connectivity index (χ0n) is 8.23. The molecule has 0 aliphatic heterocycles. The van der Waals surface area contributed by atoms with Crippen LogP contribution in [0, 0.1) is 0 Å². The first-order valence-corrected chi connectivity index (χ1v) is 4.15. The van der Waals surface area contributed by atoms with E-state index in [0.29, 0.717) is 5.69 Å². The van der Waals surface area contributed by atoms with Crippen molar-refractivity contribution >= 4 is 17.3 Å². The third-order valence-corrected chi connectivity index (χ3v) is 1.71. The molecule has 0 aromatic heterocycles. The smallest absolute Gasteiger partial charge is 0.218 e. The average Bonchev–Trinajstić information content (AvgIpc) is 2.18. The zero-order chi connectivity index (χ0) is 10.6. The van der Waals surface area contributed by atoms with Crippen LogP contribution in [0.5, 0.6) is 0 Å². The van der Waals surface area contributed by atoms with E-state index in [4.69, 9.17) is 10.9 Å². The Hall–Kier alpha value is -1.75. The molecule has 0 amide bonds. The van der Waals surface area contributed by atoms with Crippen LogP contribution in [0.2, 0.25) is 0 Å². The molecule has 1 aromatic carbocycles. The molecule has 5 nitrogen and oxygen atoms in total. The third kappa shape index (κ3) is 2.63. The maximum atomic E-state index is 8.46. The fraction of sp³-hybridized carbons (Fsp3) is 0.222. The second kappa shape index (κ2) is 4.48. The van der Waals surface area contributed by atoms with E-state index in [1.165, 1.54) is 0 Å². The summed E-state index contributed by atoms with van der Waals surface area (Å²) in [4.78, 5) is 5.89. The van der Waals surface area contributed by atoms with Crippen LogP contribution in [-0.2, 0) is 0 Å². The van der Waals surface area contributed by atoms with E-state index in [-0.39, 0.29) is 5.96 Å². The molecule has 0 unspecified atom stereocenters. The highest BCUT2D eigenvalue weighted by Gasteiger charge is 1.96. The molecule has 1 aromatic rings. The van der Waals surface area contributed by atoms with Gasteiger partial charge >= 0.3 is 0 Å². The molecule has 0 aliphatic rings. The van der Waals surface area contributed by atoms with Crippen molar-refractivity contribution in [1.29, 1.82) is 0 Å². The highest BCUT2D eigenvalue weighted by atomic mass is 16.5. The van der Waals surface area contributed by atoms with E-state index in [9.17, 15) is 0 Å². The summed E-state index contributed by atoms with van der Waals surface area (Å²) >= 11 is 0. The number of hydrogen-bond donors (Lipinski definition) is 3. The summed E-state index contributed by atoms with van der Waals surface area (Å²) in [7, 11) is 3.88. The van der Waals surface area contributed by atoms with Gasteiger partial charge in [-0.25, -0.2) is 10.5 Å². The van der Waals surface area contributed by atoms with Crippen molar-refractivity contribution in [3.63, 3.8) is 0 Å². The van der Waals surface area contributed by atoms with Gasteiger partial charge in [-0.05, 0) is 18.2 Å². The Kier molecular flexibility index (Phi) is 3.30. The van der Waals surface area contributed by atoms with Gasteiger partial charge in [0, 0.05) is 19.8 Å². The molecule has 76 valence electrons. The predicted molar refractivity (Wildman–Crippen MR) is 57.0 cm³/mol. The van der Waals surface area contributed by atoms with Gasteiger partial charge in [-0.1, -0.05) is 6.07 Å². The summed E-state index contributed by atoms with van der Waals surface area (Å²) in [5.41, 5.74) is 8.80. The number of hydroxylamine groups is 1. The fourth-order valence-electron chi connectivity index (χ4n) is 1.00. The number of benzene rings is 1. The van der Waals surface area contributed by atoms with Gasteiger partial charge in [0.25, 0.3) is 0 Å². The summed E-state index contributed by atoms with van der Waals surface area (Å²) in [6.45, 7) is 0. The van der Waals surface area contributed by atoms with Crippen LogP contribution in [0.4, 0.5) is 11.4 Å². The van der Waals surface area contributed by atoms with Crippen molar-refractivity contribution in [2.24, 2.45) is 10.7 Å². The molecule has 0 aliphatic carbocycles. The molecule has 5 heteroatoms. The summed E-state index contributed by atoms with van der Waals surface area (Å²) in [5.74, 6) is -0.0269. The molecule has 4 N–H and O–H groups in total. The van der Waals surface area contributed by atoms with Gasteiger partial charge in [0.1, 0.15) is 0 Å². The first-order chi connectivity index (χ1) is 6.63. The summed E-state index contributed by atoms with van der Waals surface area (Å²) < 4.78 is 0. The normalized spacial score (nSPS) is 11.2. The van der Waals surface area contributed by atoms with Crippen LogP contribution in [0.3, 0.4) is 0 Å². The number of nitrogens with two attached hydrogens (primary N) is 1. The van der Waals surface area contributed by atoms with Gasteiger partial charge in [0.2, 0.25) is 5.96 Å². The first kappa shape index (κ1) is 10.3. The fourth-order valence-corrected chi connectivity index (χ4v) is 1.00. The second-order valence-electron chi connectivity index (χ2n) is 3.02. The molecule has 0 radical (unpaired) electrons. The summed E-state index contributed by atoms with van der Waals surface area (Å²) in [6.07, 6.45) is 0. The largest absolute Gasteiger partial charge is 0.378 e. The molecule has 0 saturated carbocycles. The number of rotatable bonds is 2. The number of guanidine groups is 1. The maximum Gasteiger partial charge on any atom is 0.218 e. The number of aliphatic imine (C=N–C) groups is 1. The maximum absolute atomic E-state index is 8.46. The Balaban J connectivity index is 2.94. The molecule has 1 rings (SSSR count). The lowest BCUT2D eigenvalue weighted by Gasteiger charge is -2.12. The highest BCUT2D eigenvalue weighted by molar-refractivity contribution is 5.80. The topological polar surface area (TPSA) is 73.9 Å². The SMILES string of the molecule is CN(C)c1cccc(N=C(N)NO)c1. The van der Waals surface area contributed by atoms with Gasteiger partial charge in [0.05, 0.1) is 5.69 Å². The Morgan fingerprint density at radius 2 is 2.21 bits per heavy atom. The van der Waals surface area contributed by atoms with Gasteiger partial charge in [0.15, 0.2) is 0 Å². The molecular formula is C9H14N4O. The molecule has 0 atom stereocenters. The molecular weight excluding hydrogens is 180 g/mol. The van der Waals surface area contributed by atoms with Crippen LogP contribution >= 0.6 is 0 Å². The third-order valence-electron chi connectivity index (χ3n) is 1.71. The lowest BCUT2D eigenvalue weighted by atomic mass is 10.3. The van der Waals surface area contributed by atoms with E-state index < -0.39 is 0 Å². The monoisotopic (exact) mass is 194 g/mol. The van der Waals surface area contributed by atoms with Crippen molar-refractivity contribution < 1.29 is 5.21 Å². The van der Waals surface area contributed by atoms with Crippen molar-refractivity contribution in [2.75, 3.05) is 19.0 Å². The van der Waals surface area contributed by atoms with E-state index in [2.05, 4.69) is 4.99 Å². The molecule has 0 heterocycles. The Morgan fingerprint density at radius 1 is 1.50 bits per heavy atom. The van der Waals surface area contributed by atoms with Crippen molar-refractivity contribution in [2.45, 2.75) is 0 Å². The molecule has 0 spiro atoms. The van der Waals surface area contributed by atoms with Gasteiger partial charge in [-0.2, -0.15) is 0 Å². The van der Waals surface area contributed by atoms with Crippen LogP contribution in [-0.4, -0.2) is 25.3 Å². The van der Waals surface area contributed by atoms with E-state index in [0.717, 1.165) is 5.69 Å². The lowest BCUT2D eigenvalue weighted by molar-refractivity contribution is 0.233. The van der Waals surface area contributed by atoms with Gasteiger partial charge in [-0.15, -0.1) is 0 Å². The number of nitrogens with zero attached hydrogens (tertiary/aromatic N) is 2. The van der Waals surface area contributed by atoms with Gasteiger partial charge < -0.3 is 10.6 Å². The quantitative estimate of drug-likeness (QED) is 0.367. The minimum atomic E-state index is -0.0269. The number of nitrogens with one attached hydrogen (secondary N) is 1. The van der Waals surface area contributed by atoms with Gasteiger partial charge in [-0.3, -0.25) is 5.21 Å². The second-order valence-corrected chi connectivity index (χ2v) is 3.02. The standard InChI is InChI=1S/C9H14N4O/c1-13(2)8-5-3-4-7(6-8)11-9(10)12-14/h3-6,14H,1-2H3,(H3,10,11,12).